The Balaban J connectivity index is 2.10. The maximum atomic E-state index is 12.4. The second-order valence-electron chi connectivity index (χ2n) is 5.12. The minimum Gasteiger partial charge on any atom is -0.383 e. The van der Waals surface area contributed by atoms with Crippen molar-refractivity contribution in [2.24, 2.45) is 5.92 Å². The number of rotatable bonds is 4. The number of amides is 1. The van der Waals surface area contributed by atoms with Crippen LogP contribution >= 0.6 is 0 Å². The number of carbonyl (C=O) groups excluding carboxylic acids is 1. The van der Waals surface area contributed by atoms with E-state index in [4.69, 9.17) is 10.5 Å². The Morgan fingerprint density at radius 3 is 2.86 bits per heavy atom. The van der Waals surface area contributed by atoms with Crippen LogP contribution in [0.3, 0.4) is 0 Å². The van der Waals surface area contributed by atoms with E-state index in [1.807, 2.05) is 0 Å². The standard InChI is InChI=1S/C13H18N4O4/c1-16(8-9-2-4-21-5-3-9)13(18)11-6-10(17(19)20)7-15-12(11)14/h6-7,9H,2-5,8H2,1H3,(H2,14,15). The molecule has 0 unspecified atom stereocenters. The van der Waals surface area contributed by atoms with E-state index in [-0.39, 0.29) is 23.0 Å². The second kappa shape index (κ2) is 6.49. The monoisotopic (exact) mass is 294 g/mol. The van der Waals surface area contributed by atoms with Gasteiger partial charge >= 0.3 is 0 Å². The van der Waals surface area contributed by atoms with Gasteiger partial charge in [-0.3, -0.25) is 14.9 Å². The number of anilines is 1. The third kappa shape index (κ3) is 3.66. The van der Waals surface area contributed by atoms with Crippen molar-refractivity contribution in [3.8, 4) is 0 Å². The summed E-state index contributed by atoms with van der Waals surface area (Å²) in [6.45, 7) is 1.98. The number of hydrogen-bond acceptors (Lipinski definition) is 6. The van der Waals surface area contributed by atoms with E-state index in [1.165, 1.54) is 11.0 Å². The van der Waals surface area contributed by atoms with Gasteiger partial charge in [0.2, 0.25) is 0 Å². The minimum atomic E-state index is -0.596. The Labute approximate surface area is 122 Å². The van der Waals surface area contributed by atoms with Crippen molar-refractivity contribution in [2.45, 2.75) is 12.8 Å². The number of nitrogens with zero attached hydrogens (tertiary/aromatic N) is 3. The van der Waals surface area contributed by atoms with Gasteiger partial charge in [0.25, 0.3) is 11.6 Å². The zero-order valence-corrected chi connectivity index (χ0v) is 11.8. The quantitative estimate of drug-likeness (QED) is 0.656. The first kappa shape index (κ1) is 15.2. The number of nitrogen functional groups attached to an aromatic ring is 1. The predicted molar refractivity (Wildman–Crippen MR) is 75.8 cm³/mol. The minimum absolute atomic E-state index is 0.00410. The van der Waals surface area contributed by atoms with Crippen molar-refractivity contribution in [1.82, 2.24) is 9.88 Å². The third-order valence-corrected chi connectivity index (χ3v) is 3.56. The fourth-order valence-electron chi connectivity index (χ4n) is 2.34. The molecule has 8 heteroatoms. The lowest BCUT2D eigenvalue weighted by Crippen LogP contribution is -2.34. The largest absolute Gasteiger partial charge is 0.383 e. The average molecular weight is 294 g/mol. The molecule has 8 nitrogen and oxygen atoms in total. The first-order valence-electron chi connectivity index (χ1n) is 6.72. The maximum Gasteiger partial charge on any atom is 0.288 e. The van der Waals surface area contributed by atoms with Crippen molar-refractivity contribution in [1.29, 1.82) is 0 Å². The molecule has 0 saturated carbocycles. The molecule has 1 aromatic rings. The highest BCUT2D eigenvalue weighted by atomic mass is 16.6. The van der Waals surface area contributed by atoms with Gasteiger partial charge in [0.15, 0.2) is 0 Å². The molecule has 114 valence electrons. The summed E-state index contributed by atoms with van der Waals surface area (Å²) in [4.78, 5) is 27.8. The molecule has 1 fully saturated rings. The summed E-state index contributed by atoms with van der Waals surface area (Å²) in [5.41, 5.74) is 5.49. The van der Waals surface area contributed by atoms with Crippen LogP contribution in [0.5, 0.6) is 0 Å². The van der Waals surface area contributed by atoms with E-state index in [1.54, 1.807) is 7.05 Å². The van der Waals surface area contributed by atoms with Gasteiger partial charge in [0, 0.05) is 32.9 Å². The van der Waals surface area contributed by atoms with Gasteiger partial charge < -0.3 is 15.4 Å². The molecule has 0 radical (unpaired) electrons. The lowest BCUT2D eigenvalue weighted by Gasteiger charge is -2.27. The highest BCUT2D eigenvalue weighted by Gasteiger charge is 2.23. The normalized spacial score (nSPS) is 15.7. The van der Waals surface area contributed by atoms with Crippen LogP contribution in [0.2, 0.25) is 0 Å². The van der Waals surface area contributed by atoms with Gasteiger partial charge in [-0.1, -0.05) is 0 Å². The number of carbonyl (C=O) groups is 1. The van der Waals surface area contributed by atoms with Crippen LogP contribution in [0.1, 0.15) is 23.2 Å². The SMILES string of the molecule is CN(CC1CCOCC1)C(=O)c1cc([N+](=O)[O-])cnc1N. The summed E-state index contributed by atoms with van der Waals surface area (Å²) < 4.78 is 5.28. The first-order chi connectivity index (χ1) is 9.99. The number of nitrogens with two attached hydrogens (primary N) is 1. The average Bonchev–Trinajstić information content (AvgIpc) is 2.47. The highest BCUT2D eigenvalue weighted by molar-refractivity contribution is 5.98. The molecule has 1 aromatic heterocycles. The summed E-state index contributed by atoms with van der Waals surface area (Å²) in [5, 5.41) is 10.8. The van der Waals surface area contributed by atoms with Gasteiger partial charge in [0.1, 0.15) is 12.0 Å². The summed E-state index contributed by atoms with van der Waals surface area (Å²) in [6.07, 6.45) is 2.85. The molecule has 0 spiro atoms. The Morgan fingerprint density at radius 1 is 1.57 bits per heavy atom. The fraction of sp³-hybridized carbons (Fsp3) is 0.538. The van der Waals surface area contributed by atoms with E-state index in [0.717, 1.165) is 19.0 Å². The van der Waals surface area contributed by atoms with Crippen LogP contribution in [-0.2, 0) is 4.74 Å². The lowest BCUT2D eigenvalue weighted by molar-refractivity contribution is -0.385. The van der Waals surface area contributed by atoms with E-state index in [2.05, 4.69) is 4.98 Å². The number of ether oxygens (including phenoxy) is 1. The molecule has 1 aliphatic rings. The van der Waals surface area contributed by atoms with Crippen LogP contribution in [-0.4, -0.2) is 47.5 Å². The van der Waals surface area contributed by atoms with Crippen LogP contribution in [0.25, 0.3) is 0 Å². The summed E-state index contributed by atoms with van der Waals surface area (Å²) in [6, 6.07) is 1.17. The zero-order chi connectivity index (χ0) is 15.4. The number of hydrogen-bond donors (Lipinski definition) is 1. The number of aromatic nitrogens is 1. The van der Waals surface area contributed by atoms with Gasteiger partial charge in [-0.25, -0.2) is 4.98 Å². The van der Waals surface area contributed by atoms with Gasteiger partial charge in [-0.05, 0) is 18.8 Å². The van der Waals surface area contributed by atoms with Crippen LogP contribution in [0.15, 0.2) is 12.3 Å². The second-order valence-corrected chi connectivity index (χ2v) is 5.12. The molecule has 21 heavy (non-hydrogen) atoms. The maximum absolute atomic E-state index is 12.4. The van der Waals surface area contributed by atoms with Crippen molar-refractivity contribution >= 4 is 17.4 Å². The molecular formula is C13H18N4O4. The van der Waals surface area contributed by atoms with E-state index >= 15 is 0 Å². The molecule has 2 heterocycles. The molecule has 0 bridgehead atoms. The number of nitro groups is 1. The molecular weight excluding hydrogens is 276 g/mol. The van der Waals surface area contributed by atoms with Gasteiger partial charge in [-0.2, -0.15) is 0 Å². The highest BCUT2D eigenvalue weighted by Crippen LogP contribution is 2.20. The Bertz CT molecular complexity index is 543. The molecule has 1 aliphatic heterocycles. The van der Waals surface area contributed by atoms with Crippen molar-refractivity contribution in [3.63, 3.8) is 0 Å². The molecule has 1 saturated heterocycles. The van der Waals surface area contributed by atoms with Crippen molar-refractivity contribution in [2.75, 3.05) is 32.5 Å². The molecule has 1 amide bonds. The lowest BCUT2D eigenvalue weighted by atomic mass is 9.99. The third-order valence-electron chi connectivity index (χ3n) is 3.56. The Kier molecular flexibility index (Phi) is 4.69. The topological polar surface area (TPSA) is 112 Å². The number of pyridine rings is 1. The smallest absolute Gasteiger partial charge is 0.288 e. The Morgan fingerprint density at radius 2 is 2.24 bits per heavy atom. The van der Waals surface area contributed by atoms with E-state index in [0.29, 0.717) is 25.7 Å². The van der Waals surface area contributed by atoms with Crippen LogP contribution < -0.4 is 5.73 Å². The van der Waals surface area contributed by atoms with E-state index < -0.39 is 4.92 Å². The van der Waals surface area contributed by atoms with E-state index in [9.17, 15) is 14.9 Å². The molecule has 2 N–H and O–H groups in total. The fourth-order valence-corrected chi connectivity index (χ4v) is 2.34. The molecule has 2 rings (SSSR count). The predicted octanol–water partition coefficient (Wildman–Crippen LogP) is 1.07. The zero-order valence-electron chi connectivity index (χ0n) is 11.8. The first-order valence-corrected chi connectivity index (χ1v) is 6.72. The Hall–Kier alpha value is -2.22. The van der Waals surface area contributed by atoms with Gasteiger partial charge in [-0.15, -0.1) is 0 Å². The van der Waals surface area contributed by atoms with Crippen molar-refractivity contribution in [3.05, 3.63) is 27.9 Å². The van der Waals surface area contributed by atoms with Crippen LogP contribution in [0, 0.1) is 16.0 Å². The van der Waals surface area contributed by atoms with Gasteiger partial charge in [0.05, 0.1) is 10.5 Å². The van der Waals surface area contributed by atoms with Crippen LogP contribution in [0.4, 0.5) is 11.5 Å². The molecule has 0 atom stereocenters. The van der Waals surface area contributed by atoms with Crippen molar-refractivity contribution < 1.29 is 14.5 Å². The summed E-state index contributed by atoms with van der Waals surface area (Å²) in [5.74, 6) is 0.0280. The molecule has 0 aromatic carbocycles. The summed E-state index contributed by atoms with van der Waals surface area (Å²) in [7, 11) is 1.66. The molecule has 0 aliphatic carbocycles. The summed E-state index contributed by atoms with van der Waals surface area (Å²) >= 11 is 0.